The zero-order chi connectivity index (χ0) is 7.84. The maximum atomic E-state index is 9.43. The van der Waals surface area contributed by atoms with Gasteiger partial charge in [0.25, 0.3) is 0 Å². The molecule has 0 aliphatic heterocycles. The average Bonchev–Trinajstić information content (AvgIpc) is 2.46. The van der Waals surface area contributed by atoms with E-state index in [-0.39, 0.29) is 18.1 Å². The van der Waals surface area contributed by atoms with Crippen LogP contribution in [0.5, 0.6) is 0 Å². The molecular weight excluding hydrogens is 142 g/mol. The first-order valence-electron chi connectivity index (χ1n) is 4.05. The van der Waals surface area contributed by atoms with Crippen LogP contribution in [-0.2, 0) is 0 Å². The largest absolute Gasteiger partial charge is 0.393 e. The molecule has 4 nitrogen and oxygen atoms in total. The molecule has 2 fully saturated rings. The summed E-state index contributed by atoms with van der Waals surface area (Å²) in [5.41, 5.74) is 8.25. The molecule has 2 saturated carbocycles. The topological polar surface area (TPSA) is 69.0 Å². The molecule has 0 spiro atoms. The monoisotopic (exact) mass is 153 g/mol. The predicted octanol–water partition coefficient (Wildman–Crippen LogP) is 1.46. The van der Waals surface area contributed by atoms with E-state index in [1.165, 1.54) is 0 Å². The number of aliphatic hydroxyl groups excluding tert-OH is 1. The SMILES string of the molecule is [N-]=[N+]=N[C@@H]1[C@H]2CC[C@@H]1[C@@H](O)C2. The molecule has 2 bridgehead atoms. The summed E-state index contributed by atoms with van der Waals surface area (Å²) >= 11 is 0. The van der Waals surface area contributed by atoms with E-state index in [1.54, 1.807) is 0 Å². The van der Waals surface area contributed by atoms with Gasteiger partial charge in [0.1, 0.15) is 0 Å². The summed E-state index contributed by atoms with van der Waals surface area (Å²) in [6.45, 7) is 0. The Morgan fingerprint density at radius 2 is 2.27 bits per heavy atom. The van der Waals surface area contributed by atoms with Crippen molar-refractivity contribution >= 4 is 0 Å². The van der Waals surface area contributed by atoms with Gasteiger partial charge >= 0.3 is 0 Å². The zero-order valence-electron chi connectivity index (χ0n) is 6.22. The molecule has 60 valence electrons. The van der Waals surface area contributed by atoms with Gasteiger partial charge in [-0.05, 0) is 36.6 Å². The van der Waals surface area contributed by atoms with Crippen molar-refractivity contribution in [3.8, 4) is 0 Å². The van der Waals surface area contributed by atoms with Gasteiger partial charge < -0.3 is 5.11 Å². The Balaban J connectivity index is 2.18. The molecule has 0 aromatic carbocycles. The third kappa shape index (κ3) is 0.905. The molecule has 0 amide bonds. The predicted molar refractivity (Wildman–Crippen MR) is 39.8 cm³/mol. The van der Waals surface area contributed by atoms with Gasteiger partial charge in [-0.15, -0.1) is 0 Å². The van der Waals surface area contributed by atoms with Crippen molar-refractivity contribution in [2.45, 2.75) is 31.4 Å². The van der Waals surface area contributed by atoms with E-state index < -0.39 is 0 Å². The maximum absolute atomic E-state index is 9.43. The molecule has 4 atom stereocenters. The Kier molecular flexibility index (Phi) is 1.51. The minimum atomic E-state index is -0.204. The minimum Gasteiger partial charge on any atom is -0.393 e. The third-order valence-corrected chi connectivity index (χ3v) is 3.02. The van der Waals surface area contributed by atoms with E-state index in [9.17, 15) is 5.11 Å². The van der Waals surface area contributed by atoms with Crippen molar-refractivity contribution in [3.63, 3.8) is 0 Å². The Hall–Kier alpha value is -0.730. The van der Waals surface area contributed by atoms with Crippen LogP contribution in [0.15, 0.2) is 5.11 Å². The Morgan fingerprint density at radius 3 is 2.73 bits per heavy atom. The molecule has 0 saturated heterocycles. The number of rotatable bonds is 1. The summed E-state index contributed by atoms with van der Waals surface area (Å²) < 4.78 is 0. The zero-order valence-corrected chi connectivity index (χ0v) is 6.22. The third-order valence-electron chi connectivity index (χ3n) is 3.02. The van der Waals surface area contributed by atoms with Crippen LogP contribution < -0.4 is 0 Å². The fraction of sp³-hybridized carbons (Fsp3) is 1.00. The van der Waals surface area contributed by atoms with Gasteiger partial charge in [-0.25, -0.2) is 0 Å². The highest BCUT2D eigenvalue weighted by atomic mass is 16.3. The van der Waals surface area contributed by atoms with Gasteiger partial charge in [-0.2, -0.15) is 0 Å². The highest BCUT2D eigenvalue weighted by Gasteiger charge is 2.46. The van der Waals surface area contributed by atoms with Gasteiger partial charge in [0.2, 0.25) is 0 Å². The van der Waals surface area contributed by atoms with E-state index >= 15 is 0 Å². The lowest BCUT2D eigenvalue weighted by Crippen LogP contribution is -2.18. The summed E-state index contributed by atoms with van der Waals surface area (Å²) in [6, 6.07) is 0.0926. The van der Waals surface area contributed by atoms with Crippen LogP contribution in [0.2, 0.25) is 0 Å². The van der Waals surface area contributed by atoms with Crippen molar-refractivity contribution in [3.05, 3.63) is 10.4 Å². The Morgan fingerprint density at radius 1 is 1.45 bits per heavy atom. The van der Waals surface area contributed by atoms with E-state index in [0.29, 0.717) is 5.92 Å². The van der Waals surface area contributed by atoms with Crippen molar-refractivity contribution in [2.75, 3.05) is 0 Å². The molecule has 0 heterocycles. The summed E-state index contributed by atoms with van der Waals surface area (Å²) in [5, 5.41) is 13.2. The van der Waals surface area contributed by atoms with Gasteiger partial charge in [-0.3, -0.25) is 0 Å². The molecule has 0 unspecified atom stereocenters. The highest BCUT2D eigenvalue weighted by Crippen LogP contribution is 2.46. The molecule has 0 aromatic heterocycles. The smallest absolute Gasteiger partial charge is 0.0575 e. The fourth-order valence-corrected chi connectivity index (χ4v) is 2.50. The first kappa shape index (κ1) is 6.95. The standard InChI is InChI=1S/C7H11N3O/c8-10-9-7-4-1-2-5(7)6(11)3-4/h4-7,11H,1-3H2/t4-,5+,6-,7+/m0/s1. The van der Waals surface area contributed by atoms with E-state index in [0.717, 1.165) is 19.3 Å². The fourth-order valence-electron chi connectivity index (χ4n) is 2.50. The van der Waals surface area contributed by atoms with Gasteiger partial charge in [-0.1, -0.05) is 5.11 Å². The number of azide groups is 1. The summed E-state index contributed by atoms with van der Waals surface area (Å²) in [5.74, 6) is 0.724. The van der Waals surface area contributed by atoms with Crippen LogP contribution in [-0.4, -0.2) is 17.3 Å². The van der Waals surface area contributed by atoms with Crippen molar-refractivity contribution < 1.29 is 5.11 Å². The van der Waals surface area contributed by atoms with Crippen LogP contribution in [0.25, 0.3) is 10.4 Å². The van der Waals surface area contributed by atoms with Crippen molar-refractivity contribution in [1.82, 2.24) is 0 Å². The second kappa shape index (κ2) is 2.40. The molecule has 2 aliphatic rings. The quantitative estimate of drug-likeness (QED) is 0.346. The van der Waals surface area contributed by atoms with Crippen molar-refractivity contribution in [2.24, 2.45) is 17.0 Å². The minimum absolute atomic E-state index is 0.0926. The van der Waals surface area contributed by atoms with Crippen LogP contribution in [0.1, 0.15) is 19.3 Å². The number of hydrogen-bond donors (Lipinski definition) is 1. The van der Waals surface area contributed by atoms with Gasteiger partial charge in [0.15, 0.2) is 0 Å². The molecular formula is C7H11N3O. The van der Waals surface area contributed by atoms with Crippen LogP contribution in [0, 0.1) is 11.8 Å². The van der Waals surface area contributed by atoms with Gasteiger partial charge in [0.05, 0.1) is 6.10 Å². The van der Waals surface area contributed by atoms with E-state index in [4.69, 9.17) is 5.53 Å². The summed E-state index contributed by atoms with van der Waals surface area (Å²) in [6.07, 6.45) is 2.80. The first-order chi connectivity index (χ1) is 5.33. The molecule has 0 aromatic rings. The number of fused-ring (bicyclic) bond motifs is 2. The van der Waals surface area contributed by atoms with Crippen LogP contribution >= 0.6 is 0 Å². The number of aliphatic hydroxyl groups is 1. The molecule has 1 N–H and O–H groups in total. The van der Waals surface area contributed by atoms with Crippen LogP contribution in [0.4, 0.5) is 0 Å². The lowest BCUT2D eigenvalue weighted by molar-refractivity contribution is 0.112. The average molecular weight is 153 g/mol. The lowest BCUT2D eigenvalue weighted by atomic mass is 9.98. The lowest BCUT2D eigenvalue weighted by Gasteiger charge is -2.14. The van der Waals surface area contributed by atoms with E-state index in [1.807, 2.05) is 0 Å². The maximum Gasteiger partial charge on any atom is 0.0575 e. The highest BCUT2D eigenvalue weighted by molar-refractivity contribution is 5.01. The number of hydrogen-bond acceptors (Lipinski definition) is 2. The molecule has 2 rings (SSSR count). The number of nitrogens with zero attached hydrogens (tertiary/aromatic N) is 3. The molecule has 11 heavy (non-hydrogen) atoms. The molecule has 4 heteroatoms. The van der Waals surface area contributed by atoms with Crippen LogP contribution in [0.3, 0.4) is 0 Å². The second-order valence-corrected chi connectivity index (χ2v) is 3.50. The van der Waals surface area contributed by atoms with Crippen molar-refractivity contribution in [1.29, 1.82) is 0 Å². The Labute approximate surface area is 64.8 Å². The molecule has 2 aliphatic carbocycles. The normalized spacial score (nSPS) is 47.4. The van der Waals surface area contributed by atoms with E-state index in [2.05, 4.69) is 10.0 Å². The van der Waals surface area contributed by atoms with Gasteiger partial charge in [0, 0.05) is 11.0 Å². The molecule has 0 radical (unpaired) electrons. The summed E-state index contributed by atoms with van der Waals surface area (Å²) in [4.78, 5) is 2.81. The first-order valence-corrected chi connectivity index (χ1v) is 4.05. The summed E-state index contributed by atoms with van der Waals surface area (Å²) in [7, 11) is 0. The Bertz CT molecular complexity index is 212. The second-order valence-electron chi connectivity index (χ2n) is 3.50.